The van der Waals surface area contributed by atoms with Crippen molar-refractivity contribution < 1.29 is 22.7 Å². The van der Waals surface area contributed by atoms with Crippen molar-refractivity contribution in [2.24, 2.45) is 0 Å². The molecule has 0 aliphatic heterocycles. The van der Waals surface area contributed by atoms with Gasteiger partial charge >= 0.3 is 5.97 Å². The average Bonchev–Trinajstić information content (AvgIpc) is 2.75. The second-order valence-electron chi connectivity index (χ2n) is 6.93. The largest absolute Gasteiger partial charge is 0.426 e. The van der Waals surface area contributed by atoms with Crippen LogP contribution in [0, 0.1) is 28.8 Å². The summed E-state index contributed by atoms with van der Waals surface area (Å²) in [4.78, 5) is 12.3. The molecule has 6 heteroatoms. The number of benzene rings is 4. The molecule has 152 valence electrons. The molecule has 0 fully saturated rings. The predicted octanol–water partition coefficient (Wildman–Crippen LogP) is 5.94. The molecule has 0 saturated carbocycles. The minimum Gasteiger partial charge on any atom is -0.426 e. The van der Waals surface area contributed by atoms with E-state index in [0.717, 1.165) is 22.9 Å². The van der Waals surface area contributed by atoms with Gasteiger partial charge < -0.3 is 4.74 Å². The van der Waals surface area contributed by atoms with Gasteiger partial charge in [-0.3, -0.25) is 4.79 Å². The summed E-state index contributed by atoms with van der Waals surface area (Å²) in [5, 5.41) is 10.6. The molecule has 0 N–H and O–H groups in total. The SMILES string of the molecule is N#Cc1ccc2cc(OC(=O)Cc3ccc(-c4ccc(F)c(F)c4)c(F)c3)ccc2c1. The molecule has 4 aromatic carbocycles. The van der Waals surface area contributed by atoms with Gasteiger partial charge in [0.2, 0.25) is 0 Å². The van der Waals surface area contributed by atoms with E-state index in [1.165, 1.54) is 24.3 Å². The Morgan fingerprint density at radius 3 is 2.32 bits per heavy atom. The van der Waals surface area contributed by atoms with E-state index in [0.29, 0.717) is 16.9 Å². The van der Waals surface area contributed by atoms with Crippen LogP contribution in [0.1, 0.15) is 11.1 Å². The third-order valence-electron chi connectivity index (χ3n) is 4.79. The molecule has 0 bridgehead atoms. The Morgan fingerprint density at radius 1 is 0.806 bits per heavy atom. The second-order valence-corrected chi connectivity index (χ2v) is 6.93. The maximum absolute atomic E-state index is 14.5. The lowest BCUT2D eigenvalue weighted by Crippen LogP contribution is -2.11. The molecule has 0 radical (unpaired) electrons. The highest BCUT2D eigenvalue weighted by atomic mass is 19.2. The minimum absolute atomic E-state index is 0.0993. The second kappa shape index (κ2) is 8.33. The molecule has 0 atom stereocenters. The summed E-state index contributed by atoms with van der Waals surface area (Å²) in [5.41, 5.74) is 1.21. The van der Waals surface area contributed by atoms with Crippen LogP contribution < -0.4 is 4.74 Å². The number of carbonyl (C=O) groups is 1. The standard InChI is InChI=1S/C25H14F3NO2/c26-22-8-5-19(13-24(22)28)21-7-2-15(10-23(21)27)11-25(30)31-20-6-4-17-9-16(14-29)1-3-18(17)12-20/h1-10,12-13H,11H2. The molecule has 0 aliphatic rings. The van der Waals surface area contributed by atoms with Crippen molar-refractivity contribution in [1.82, 2.24) is 0 Å². The third-order valence-corrected chi connectivity index (χ3v) is 4.79. The maximum Gasteiger partial charge on any atom is 0.315 e. The van der Waals surface area contributed by atoms with Gasteiger partial charge in [-0.15, -0.1) is 0 Å². The first-order valence-electron chi connectivity index (χ1n) is 9.31. The van der Waals surface area contributed by atoms with Gasteiger partial charge in [0, 0.05) is 5.56 Å². The molecule has 0 spiro atoms. The lowest BCUT2D eigenvalue weighted by molar-refractivity contribution is -0.133. The molecular weight excluding hydrogens is 403 g/mol. The molecule has 0 aromatic heterocycles. The third kappa shape index (κ3) is 4.41. The Balaban J connectivity index is 1.48. The van der Waals surface area contributed by atoms with Crippen LogP contribution in [0.2, 0.25) is 0 Å². The van der Waals surface area contributed by atoms with Gasteiger partial charge in [-0.25, -0.2) is 13.2 Å². The Kier molecular flexibility index (Phi) is 5.42. The number of nitrogens with zero attached hydrogens (tertiary/aromatic N) is 1. The predicted molar refractivity (Wildman–Crippen MR) is 110 cm³/mol. The van der Waals surface area contributed by atoms with E-state index < -0.39 is 23.4 Å². The fourth-order valence-corrected chi connectivity index (χ4v) is 3.26. The van der Waals surface area contributed by atoms with E-state index in [-0.39, 0.29) is 17.5 Å². The van der Waals surface area contributed by atoms with Gasteiger partial charge in [0.1, 0.15) is 11.6 Å². The van der Waals surface area contributed by atoms with Gasteiger partial charge in [0.05, 0.1) is 18.1 Å². The fourth-order valence-electron chi connectivity index (χ4n) is 3.26. The van der Waals surface area contributed by atoms with Crippen LogP contribution in [-0.2, 0) is 11.2 Å². The van der Waals surface area contributed by atoms with Crippen molar-refractivity contribution in [3.05, 3.63) is 101 Å². The van der Waals surface area contributed by atoms with Crippen molar-refractivity contribution in [3.8, 4) is 22.9 Å². The van der Waals surface area contributed by atoms with E-state index in [1.54, 1.807) is 36.4 Å². The van der Waals surface area contributed by atoms with Crippen LogP contribution >= 0.6 is 0 Å². The van der Waals surface area contributed by atoms with E-state index in [4.69, 9.17) is 10.00 Å². The fraction of sp³-hybridized carbons (Fsp3) is 0.0400. The lowest BCUT2D eigenvalue weighted by atomic mass is 10.0. The van der Waals surface area contributed by atoms with Crippen LogP contribution in [-0.4, -0.2) is 5.97 Å². The zero-order valence-electron chi connectivity index (χ0n) is 16.0. The molecule has 0 unspecified atom stereocenters. The summed E-state index contributed by atoms with van der Waals surface area (Å²) < 4.78 is 46.3. The van der Waals surface area contributed by atoms with Crippen LogP contribution in [0.3, 0.4) is 0 Å². The number of hydrogen-bond acceptors (Lipinski definition) is 3. The quantitative estimate of drug-likeness (QED) is 0.305. The molecular formula is C25H14F3NO2. The maximum atomic E-state index is 14.5. The molecule has 4 aromatic rings. The summed E-state index contributed by atoms with van der Waals surface area (Å²) in [6.45, 7) is 0. The summed E-state index contributed by atoms with van der Waals surface area (Å²) in [5.74, 6) is -2.98. The first-order valence-corrected chi connectivity index (χ1v) is 9.31. The number of carbonyl (C=O) groups excluding carboxylic acids is 1. The van der Waals surface area contributed by atoms with Gasteiger partial charge in [0.15, 0.2) is 11.6 Å². The minimum atomic E-state index is -1.07. The highest BCUT2D eigenvalue weighted by Crippen LogP contribution is 2.26. The van der Waals surface area contributed by atoms with Crippen molar-refractivity contribution >= 4 is 16.7 Å². The summed E-state index contributed by atoms with van der Waals surface area (Å²) >= 11 is 0. The van der Waals surface area contributed by atoms with E-state index in [9.17, 15) is 18.0 Å². The van der Waals surface area contributed by atoms with E-state index >= 15 is 0 Å². The molecule has 0 saturated heterocycles. The van der Waals surface area contributed by atoms with Crippen LogP contribution in [0.25, 0.3) is 21.9 Å². The molecule has 31 heavy (non-hydrogen) atoms. The zero-order valence-corrected chi connectivity index (χ0v) is 16.0. The number of rotatable bonds is 4. The number of fused-ring (bicyclic) bond motifs is 1. The number of esters is 1. The van der Waals surface area contributed by atoms with Crippen LogP contribution in [0.4, 0.5) is 13.2 Å². The lowest BCUT2D eigenvalue weighted by Gasteiger charge is -2.08. The number of ether oxygens (including phenoxy) is 1. The van der Waals surface area contributed by atoms with Gasteiger partial charge in [-0.05, 0) is 64.4 Å². The first-order chi connectivity index (χ1) is 14.9. The van der Waals surface area contributed by atoms with Crippen molar-refractivity contribution in [2.75, 3.05) is 0 Å². The summed E-state index contributed by atoms with van der Waals surface area (Å²) in [7, 11) is 0. The number of hydrogen-bond donors (Lipinski definition) is 0. The monoisotopic (exact) mass is 417 g/mol. The number of nitriles is 1. The molecule has 0 amide bonds. The molecule has 0 aliphatic carbocycles. The van der Waals surface area contributed by atoms with Crippen molar-refractivity contribution in [2.45, 2.75) is 6.42 Å². The smallest absolute Gasteiger partial charge is 0.315 e. The molecule has 4 rings (SSSR count). The Morgan fingerprint density at radius 2 is 1.58 bits per heavy atom. The van der Waals surface area contributed by atoms with Crippen molar-refractivity contribution in [3.63, 3.8) is 0 Å². The summed E-state index contributed by atoms with van der Waals surface area (Å²) in [6.07, 6.45) is -0.166. The molecule has 3 nitrogen and oxygen atoms in total. The summed E-state index contributed by atoms with van der Waals surface area (Å²) in [6, 6.07) is 19.5. The Labute approximate surface area is 175 Å². The molecule has 0 heterocycles. The van der Waals surface area contributed by atoms with E-state index in [2.05, 4.69) is 6.07 Å². The van der Waals surface area contributed by atoms with Crippen LogP contribution in [0.15, 0.2) is 72.8 Å². The van der Waals surface area contributed by atoms with Gasteiger partial charge in [-0.1, -0.05) is 30.3 Å². The zero-order chi connectivity index (χ0) is 22.0. The van der Waals surface area contributed by atoms with Crippen LogP contribution in [0.5, 0.6) is 5.75 Å². The van der Waals surface area contributed by atoms with Gasteiger partial charge in [0.25, 0.3) is 0 Å². The Bertz CT molecular complexity index is 1360. The normalized spacial score (nSPS) is 10.6. The highest BCUT2D eigenvalue weighted by Gasteiger charge is 2.12. The first kappa shape index (κ1) is 20.2. The average molecular weight is 417 g/mol. The van der Waals surface area contributed by atoms with Crippen molar-refractivity contribution in [1.29, 1.82) is 5.26 Å². The van der Waals surface area contributed by atoms with Gasteiger partial charge in [-0.2, -0.15) is 5.26 Å². The number of halogens is 3. The van der Waals surface area contributed by atoms with E-state index in [1.807, 2.05) is 0 Å². The highest BCUT2D eigenvalue weighted by molar-refractivity contribution is 5.86. The topological polar surface area (TPSA) is 50.1 Å². The Hall–Kier alpha value is -4.11.